The van der Waals surface area contributed by atoms with E-state index in [4.69, 9.17) is 4.74 Å². The van der Waals surface area contributed by atoms with Crippen molar-refractivity contribution in [2.24, 2.45) is 0 Å². The lowest BCUT2D eigenvalue weighted by Crippen LogP contribution is -2.36. The highest BCUT2D eigenvalue weighted by Gasteiger charge is 2.16. The van der Waals surface area contributed by atoms with E-state index in [1.807, 2.05) is 0 Å². The van der Waals surface area contributed by atoms with Crippen molar-refractivity contribution in [3.8, 4) is 0 Å². The van der Waals surface area contributed by atoms with E-state index in [1.54, 1.807) is 0 Å². The number of ether oxygens (including phenoxy) is 1. The largest absolute Gasteiger partial charge is 0.376 e. The number of amides is 1. The van der Waals surface area contributed by atoms with Crippen molar-refractivity contribution in [1.82, 2.24) is 5.32 Å². The summed E-state index contributed by atoms with van der Waals surface area (Å²) in [5.41, 5.74) is 0. The molecule has 0 radical (unpaired) electrons. The van der Waals surface area contributed by atoms with Crippen LogP contribution in [0.4, 0.5) is 0 Å². The number of hydrogen-bond acceptors (Lipinski definition) is 2. The van der Waals surface area contributed by atoms with Crippen molar-refractivity contribution < 1.29 is 9.53 Å². The average molecular weight is 115 g/mol. The summed E-state index contributed by atoms with van der Waals surface area (Å²) >= 11 is 0. The molecular formula is C5H9NO2. The molecule has 1 aliphatic heterocycles. The quantitative estimate of drug-likeness (QED) is 0.504. The Morgan fingerprint density at radius 3 is 3.00 bits per heavy atom. The van der Waals surface area contributed by atoms with Crippen LogP contribution in [0.1, 0.15) is 6.42 Å². The standard InChI is InChI=1S/C5H9NO2/c7-4-6-3-5-1-2-8-5/h4-5H,1-3H2,(H,6,7). The first-order valence-corrected chi connectivity index (χ1v) is 2.72. The minimum atomic E-state index is 0.292. The normalized spacial score (nSPS) is 26.2. The summed E-state index contributed by atoms with van der Waals surface area (Å²) in [6, 6.07) is 0. The van der Waals surface area contributed by atoms with E-state index in [-0.39, 0.29) is 0 Å². The Balaban J connectivity index is 1.93. The van der Waals surface area contributed by atoms with E-state index in [9.17, 15) is 4.79 Å². The summed E-state index contributed by atoms with van der Waals surface area (Å²) in [7, 11) is 0. The second-order valence-corrected chi connectivity index (χ2v) is 1.81. The fraction of sp³-hybridized carbons (Fsp3) is 0.800. The molecule has 0 spiro atoms. The second kappa shape index (κ2) is 2.67. The Kier molecular flexibility index (Phi) is 1.86. The second-order valence-electron chi connectivity index (χ2n) is 1.81. The Hall–Kier alpha value is -0.570. The average Bonchev–Trinajstić information content (AvgIpc) is 1.63. The van der Waals surface area contributed by atoms with Crippen LogP contribution in [-0.4, -0.2) is 25.7 Å². The van der Waals surface area contributed by atoms with Crippen LogP contribution >= 0.6 is 0 Å². The Morgan fingerprint density at radius 2 is 2.62 bits per heavy atom. The van der Waals surface area contributed by atoms with Crippen LogP contribution in [0, 0.1) is 0 Å². The Morgan fingerprint density at radius 1 is 1.88 bits per heavy atom. The maximum atomic E-state index is 9.68. The highest BCUT2D eigenvalue weighted by atomic mass is 16.5. The van der Waals surface area contributed by atoms with Gasteiger partial charge >= 0.3 is 0 Å². The number of hydrogen-bond donors (Lipinski definition) is 1. The molecule has 1 fully saturated rings. The summed E-state index contributed by atoms with van der Waals surface area (Å²) in [4.78, 5) is 9.68. The third-order valence-electron chi connectivity index (χ3n) is 1.22. The monoisotopic (exact) mass is 115 g/mol. The van der Waals surface area contributed by atoms with Gasteiger partial charge in [-0.15, -0.1) is 0 Å². The van der Waals surface area contributed by atoms with Crippen LogP contribution in [0.5, 0.6) is 0 Å². The van der Waals surface area contributed by atoms with Gasteiger partial charge in [-0.25, -0.2) is 0 Å². The fourth-order valence-electron chi connectivity index (χ4n) is 0.625. The summed E-state index contributed by atoms with van der Waals surface area (Å²) in [6.45, 7) is 1.52. The van der Waals surface area contributed by atoms with E-state index in [2.05, 4.69) is 5.32 Å². The lowest BCUT2D eigenvalue weighted by molar-refractivity contribution is -0.111. The lowest BCUT2D eigenvalue weighted by Gasteiger charge is -2.25. The number of carbonyl (C=O) groups excluding carboxylic acids is 1. The molecular weight excluding hydrogens is 106 g/mol. The van der Waals surface area contributed by atoms with Crippen LogP contribution in [0.2, 0.25) is 0 Å². The van der Waals surface area contributed by atoms with Gasteiger partial charge in [0.2, 0.25) is 6.41 Å². The molecule has 0 bridgehead atoms. The van der Waals surface area contributed by atoms with E-state index >= 15 is 0 Å². The van der Waals surface area contributed by atoms with Gasteiger partial charge in [0.1, 0.15) is 0 Å². The minimum absolute atomic E-state index is 0.292. The molecule has 1 atom stereocenters. The van der Waals surface area contributed by atoms with Crippen molar-refractivity contribution in [3.63, 3.8) is 0 Å². The van der Waals surface area contributed by atoms with Crippen LogP contribution < -0.4 is 5.32 Å². The van der Waals surface area contributed by atoms with Crippen molar-refractivity contribution in [2.75, 3.05) is 13.2 Å². The zero-order chi connectivity index (χ0) is 5.82. The van der Waals surface area contributed by atoms with Crippen molar-refractivity contribution in [3.05, 3.63) is 0 Å². The van der Waals surface area contributed by atoms with Crippen LogP contribution in [-0.2, 0) is 9.53 Å². The summed E-state index contributed by atoms with van der Waals surface area (Å²) in [5.74, 6) is 0. The van der Waals surface area contributed by atoms with Gasteiger partial charge < -0.3 is 10.1 Å². The third-order valence-corrected chi connectivity index (χ3v) is 1.22. The summed E-state index contributed by atoms with van der Waals surface area (Å²) in [5, 5.41) is 2.54. The van der Waals surface area contributed by atoms with Gasteiger partial charge in [0.15, 0.2) is 0 Å². The predicted octanol–water partition coefficient (Wildman–Crippen LogP) is -0.479. The van der Waals surface area contributed by atoms with E-state index in [0.29, 0.717) is 19.1 Å². The fourth-order valence-corrected chi connectivity index (χ4v) is 0.625. The van der Waals surface area contributed by atoms with Gasteiger partial charge in [0, 0.05) is 13.2 Å². The highest BCUT2D eigenvalue weighted by molar-refractivity contribution is 5.45. The highest BCUT2D eigenvalue weighted by Crippen LogP contribution is 2.08. The zero-order valence-electron chi connectivity index (χ0n) is 4.59. The first kappa shape index (κ1) is 5.56. The molecule has 3 heteroatoms. The van der Waals surface area contributed by atoms with Gasteiger partial charge in [-0.05, 0) is 6.42 Å². The number of nitrogens with one attached hydrogen (secondary N) is 1. The summed E-state index contributed by atoms with van der Waals surface area (Å²) in [6.07, 6.45) is 2.07. The van der Waals surface area contributed by atoms with Gasteiger partial charge in [0.05, 0.1) is 6.10 Å². The summed E-state index contributed by atoms with van der Waals surface area (Å²) < 4.78 is 5.01. The van der Waals surface area contributed by atoms with Crippen molar-refractivity contribution >= 4 is 6.41 Å². The zero-order valence-corrected chi connectivity index (χ0v) is 4.59. The lowest BCUT2D eigenvalue weighted by atomic mass is 10.2. The Labute approximate surface area is 48.0 Å². The first-order valence-electron chi connectivity index (χ1n) is 2.72. The first-order chi connectivity index (χ1) is 3.93. The molecule has 0 aromatic rings. The smallest absolute Gasteiger partial charge is 0.207 e. The Bertz CT molecular complexity index is 80.5. The molecule has 0 saturated carbocycles. The third kappa shape index (κ3) is 1.20. The molecule has 1 aliphatic rings. The molecule has 0 aromatic heterocycles. The molecule has 8 heavy (non-hydrogen) atoms. The number of carbonyl (C=O) groups is 1. The van der Waals surface area contributed by atoms with Gasteiger partial charge in [0.25, 0.3) is 0 Å². The van der Waals surface area contributed by atoms with Crippen LogP contribution in [0.3, 0.4) is 0 Å². The van der Waals surface area contributed by atoms with E-state index in [1.165, 1.54) is 0 Å². The van der Waals surface area contributed by atoms with Gasteiger partial charge in [-0.1, -0.05) is 0 Å². The minimum Gasteiger partial charge on any atom is -0.376 e. The molecule has 1 saturated heterocycles. The molecule has 0 aliphatic carbocycles. The predicted molar refractivity (Wildman–Crippen MR) is 28.4 cm³/mol. The molecule has 1 heterocycles. The SMILES string of the molecule is O=CNCC1CCO1. The molecule has 1 rings (SSSR count). The van der Waals surface area contributed by atoms with E-state index < -0.39 is 0 Å². The van der Waals surface area contributed by atoms with E-state index in [0.717, 1.165) is 13.0 Å². The molecule has 46 valence electrons. The molecule has 3 nitrogen and oxygen atoms in total. The maximum absolute atomic E-state index is 9.68. The van der Waals surface area contributed by atoms with Crippen molar-refractivity contribution in [1.29, 1.82) is 0 Å². The maximum Gasteiger partial charge on any atom is 0.207 e. The van der Waals surface area contributed by atoms with Crippen LogP contribution in [0.25, 0.3) is 0 Å². The molecule has 1 unspecified atom stereocenters. The topological polar surface area (TPSA) is 38.3 Å². The molecule has 1 amide bonds. The molecule has 0 aromatic carbocycles. The van der Waals surface area contributed by atoms with Crippen LogP contribution in [0.15, 0.2) is 0 Å². The number of rotatable bonds is 3. The molecule has 1 N–H and O–H groups in total. The van der Waals surface area contributed by atoms with Gasteiger partial charge in [-0.2, -0.15) is 0 Å². The van der Waals surface area contributed by atoms with Gasteiger partial charge in [-0.3, -0.25) is 4.79 Å². The van der Waals surface area contributed by atoms with Crippen molar-refractivity contribution in [2.45, 2.75) is 12.5 Å².